The van der Waals surface area contributed by atoms with Crippen LogP contribution in [0, 0.1) is 0 Å². The number of furan rings is 1. The van der Waals surface area contributed by atoms with Gasteiger partial charge >= 0.3 is 0 Å². The minimum Gasteiger partial charge on any atom is -0.455 e. The molecular weight excluding hydrogens is 623 g/mol. The minimum atomic E-state index is -0.222. The Bertz CT molecular complexity index is 3040. The molecule has 0 spiro atoms. The van der Waals surface area contributed by atoms with Gasteiger partial charge in [-0.05, 0) is 59.2 Å². The molecule has 1 aliphatic carbocycles. The third-order valence-electron chi connectivity index (χ3n) is 11.0. The highest BCUT2D eigenvalue weighted by Gasteiger charge is 2.41. The lowest BCUT2D eigenvalue weighted by atomic mass is 9.80. The number of para-hydroxylation sites is 3. The van der Waals surface area contributed by atoms with Crippen LogP contribution in [-0.4, -0.2) is 14.5 Å². The van der Waals surface area contributed by atoms with Gasteiger partial charge in [0, 0.05) is 49.3 Å². The van der Waals surface area contributed by atoms with Gasteiger partial charge in [-0.2, -0.15) is 0 Å². The van der Waals surface area contributed by atoms with Gasteiger partial charge in [0.15, 0.2) is 5.82 Å². The van der Waals surface area contributed by atoms with Gasteiger partial charge in [-0.15, -0.1) is 0 Å². The molecule has 0 radical (unpaired) electrons. The average molecular weight is 654 g/mol. The van der Waals surface area contributed by atoms with Crippen LogP contribution in [0.15, 0.2) is 156 Å². The second kappa shape index (κ2) is 10.3. The first-order chi connectivity index (χ1) is 25.1. The van der Waals surface area contributed by atoms with E-state index in [0.717, 1.165) is 55.3 Å². The molecule has 0 saturated carbocycles. The Balaban J connectivity index is 1.20. The van der Waals surface area contributed by atoms with Crippen LogP contribution in [0.1, 0.15) is 25.0 Å². The van der Waals surface area contributed by atoms with Crippen molar-refractivity contribution in [2.45, 2.75) is 19.3 Å². The van der Waals surface area contributed by atoms with Crippen LogP contribution in [0.3, 0.4) is 0 Å². The lowest BCUT2D eigenvalue weighted by molar-refractivity contribution is 0.658. The Morgan fingerprint density at radius 3 is 2.10 bits per heavy atom. The molecule has 0 amide bonds. The smallest absolute Gasteiger partial charge is 0.160 e. The van der Waals surface area contributed by atoms with Gasteiger partial charge in [-0.25, -0.2) is 9.97 Å². The van der Waals surface area contributed by atoms with Crippen LogP contribution in [0.4, 0.5) is 0 Å². The van der Waals surface area contributed by atoms with E-state index in [1.807, 2.05) is 18.2 Å². The first kappa shape index (κ1) is 28.3. The fourth-order valence-electron chi connectivity index (χ4n) is 8.74. The Kier molecular flexibility index (Phi) is 5.70. The van der Waals surface area contributed by atoms with Crippen LogP contribution in [-0.2, 0) is 5.41 Å². The zero-order valence-corrected chi connectivity index (χ0v) is 28.2. The van der Waals surface area contributed by atoms with E-state index in [4.69, 9.17) is 14.4 Å². The monoisotopic (exact) mass is 653 g/mol. The van der Waals surface area contributed by atoms with Crippen LogP contribution in [0.25, 0.3) is 94.1 Å². The quantitative estimate of drug-likeness (QED) is 0.191. The summed E-state index contributed by atoms with van der Waals surface area (Å²) in [7, 11) is 0. The molecule has 3 heterocycles. The Labute approximate surface area is 294 Å². The van der Waals surface area contributed by atoms with Crippen molar-refractivity contribution < 1.29 is 4.42 Å². The summed E-state index contributed by atoms with van der Waals surface area (Å²) in [5.41, 5.74) is 14.1. The summed E-state index contributed by atoms with van der Waals surface area (Å²) in [6, 6.07) is 53.5. The fourth-order valence-corrected chi connectivity index (χ4v) is 8.74. The predicted octanol–water partition coefficient (Wildman–Crippen LogP) is 12.3. The van der Waals surface area contributed by atoms with Crippen molar-refractivity contribution in [2.75, 3.05) is 0 Å². The zero-order chi connectivity index (χ0) is 33.8. The molecule has 51 heavy (non-hydrogen) atoms. The van der Waals surface area contributed by atoms with E-state index in [1.54, 1.807) is 0 Å². The average Bonchev–Trinajstić information content (AvgIpc) is 3.81. The number of hydrogen-bond acceptors (Lipinski definition) is 3. The van der Waals surface area contributed by atoms with E-state index in [-0.39, 0.29) is 5.41 Å². The second-order valence-corrected chi connectivity index (χ2v) is 14.1. The van der Waals surface area contributed by atoms with Crippen LogP contribution < -0.4 is 0 Å². The topological polar surface area (TPSA) is 43.9 Å². The van der Waals surface area contributed by atoms with Crippen LogP contribution in [0.5, 0.6) is 0 Å². The Morgan fingerprint density at radius 1 is 0.569 bits per heavy atom. The third kappa shape index (κ3) is 3.85. The van der Waals surface area contributed by atoms with E-state index >= 15 is 0 Å². The minimum absolute atomic E-state index is 0.222. The number of rotatable bonds is 3. The second-order valence-electron chi connectivity index (χ2n) is 14.1. The van der Waals surface area contributed by atoms with Crippen molar-refractivity contribution in [1.29, 1.82) is 0 Å². The van der Waals surface area contributed by atoms with Crippen LogP contribution >= 0.6 is 0 Å². The highest BCUT2D eigenvalue weighted by atomic mass is 16.3. The van der Waals surface area contributed by atoms with E-state index in [9.17, 15) is 0 Å². The largest absolute Gasteiger partial charge is 0.455 e. The molecule has 0 bridgehead atoms. The molecule has 7 aromatic carbocycles. The summed E-state index contributed by atoms with van der Waals surface area (Å²) in [6.45, 7) is 4.72. The molecule has 0 fully saturated rings. The van der Waals surface area contributed by atoms with Gasteiger partial charge in [-0.1, -0.05) is 123 Å². The lowest BCUT2D eigenvalue weighted by Crippen LogP contribution is -2.15. The SMILES string of the molecule is CC1(C)c2ccccc2-c2c1c1c3ccccc3n(-c3ccc(-c4nc(-c5ccccc5)c5ccccc5n4)cc3)c1c1c2oc2ccccc21. The molecule has 1 aliphatic rings. The number of fused-ring (bicyclic) bond motifs is 13. The van der Waals surface area contributed by atoms with E-state index in [2.05, 4.69) is 152 Å². The molecule has 0 N–H and O–H groups in total. The van der Waals surface area contributed by atoms with Gasteiger partial charge in [-0.3, -0.25) is 0 Å². The van der Waals surface area contributed by atoms with Gasteiger partial charge in [0.25, 0.3) is 0 Å². The van der Waals surface area contributed by atoms with E-state index in [0.29, 0.717) is 5.82 Å². The molecule has 0 unspecified atom stereocenters. The van der Waals surface area contributed by atoms with Crippen molar-refractivity contribution in [2.24, 2.45) is 0 Å². The van der Waals surface area contributed by atoms with Gasteiger partial charge < -0.3 is 8.98 Å². The highest BCUT2D eigenvalue weighted by Crippen LogP contribution is 2.57. The van der Waals surface area contributed by atoms with E-state index in [1.165, 1.54) is 44.1 Å². The number of hydrogen-bond donors (Lipinski definition) is 0. The van der Waals surface area contributed by atoms with Crippen molar-refractivity contribution in [3.8, 4) is 39.5 Å². The molecular formula is C47H31N3O. The molecule has 11 rings (SSSR count). The van der Waals surface area contributed by atoms with Crippen molar-refractivity contribution >= 4 is 54.6 Å². The van der Waals surface area contributed by atoms with Gasteiger partial charge in [0.1, 0.15) is 11.2 Å². The van der Waals surface area contributed by atoms with Gasteiger partial charge in [0.2, 0.25) is 0 Å². The Hall–Kier alpha value is -6.52. The first-order valence-corrected chi connectivity index (χ1v) is 17.5. The predicted molar refractivity (Wildman–Crippen MR) is 210 cm³/mol. The Morgan fingerprint density at radius 2 is 1.25 bits per heavy atom. The normalized spacial score (nSPS) is 13.5. The summed E-state index contributed by atoms with van der Waals surface area (Å²) in [6.07, 6.45) is 0. The van der Waals surface area contributed by atoms with E-state index < -0.39 is 0 Å². The van der Waals surface area contributed by atoms with Crippen molar-refractivity contribution in [3.63, 3.8) is 0 Å². The molecule has 0 saturated heterocycles. The number of nitrogens with zero attached hydrogens (tertiary/aromatic N) is 3. The molecule has 0 aliphatic heterocycles. The molecule has 4 heteroatoms. The molecule has 3 aromatic heterocycles. The maximum Gasteiger partial charge on any atom is 0.160 e. The molecule has 240 valence electrons. The van der Waals surface area contributed by atoms with Crippen molar-refractivity contribution in [1.82, 2.24) is 14.5 Å². The maximum absolute atomic E-state index is 6.87. The van der Waals surface area contributed by atoms with Crippen LogP contribution in [0.2, 0.25) is 0 Å². The van der Waals surface area contributed by atoms with Crippen molar-refractivity contribution in [3.05, 3.63) is 163 Å². The molecule has 0 atom stereocenters. The molecule has 4 nitrogen and oxygen atoms in total. The third-order valence-corrected chi connectivity index (χ3v) is 11.0. The summed E-state index contributed by atoms with van der Waals surface area (Å²) in [4.78, 5) is 10.2. The molecule has 10 aromatic rings. The fraction of sp³-hybridized carbons (Fsp3) is 0.0638. The number of aromatic nitrogens is 3. The summed E-state index contributed by atoms with van der Waals surface area (Å²) in [5.74, 6) is 0.710. The number of benzene rings is 7. The zero-order valence-electron chi connectivity index (χ0n) is 28.2. The summed E-state index contributed by atoms with van der Waals surface area (Å²) >= 11 is 0. The first-order valence-electron chi connectivity index (χ1n) is 17.5. The summed E-state index contributed by atoms with van der Waals surface area (Å²) in [5, 5.41) is 5.85. The lowest BCUT2D eigenvalue weighted by Gasteiger charge is -2.23. The summed E-state index contributed by atoms with van der Waals surface area (Å²) < 4.78 is 9.31. The van der Waals surface area contributed by atoms with Gasteiger partial charge in [0.05, 0.1) is 27.6 Å². The maximum atomic E-state index is 6.87. The standard InChI is InChI=1S/C47H31N3O/c1-47(2)35-20-10-6-16-31(35)40-42(47)39-33-18-8-12-22-37(33)50(44(39)41-34-19-9-13-23-38(34)51-45(40)41)30-26-24-29(25-27-30)46-48-36-21-11-7-17-32(36)43(49-46)28-14-4-3-5-15-28/h3-27H,1-2H3. The highest BCUT2D eigenvalue weighted by molar-refractivity contribution is 6.30.